The Balaban J connectivity index is 2.30. The van der Waals surface area contributed by atoms with E-state index in [1.54, 1.807) is 18.9 Å². The van der Waals surface area contributed by atoms with Crippen molar-refractivity contribution in [1.82, 2.24) is 10.2 Å². The molecule has 0 aromatic rings. The summed E-state index contributed by atoms with van der Waals surface area (Å²) >= 11 is 1.54. The van der Waals surface area contributed by atoms with E-state index in [9.17, 15) is 14.9 Å². The van der Waals surface area contributed by atoms with Gasteiger partial charge in [0.2, 0.25) is 5.91 Å². The number of nitrogens with one attached hydrogen (secondary N) is 1. The molecule has 1 heterocycles. The van der Waals surface area contributed by atoms with Crippen LogP contribution in [-0.2, 0) is 9.53 Å². The van der Waals surface area contributed by atoms with Crippen LogP contribution in [0.2, 0.25) is 0 Å². The second kappa shape index (κ2) is 13.7. The fraction of sp³-hybridized carbons (Fsp3) is 0.720. The molecular formula is C25H40N4O3S. The fourth-order valence-corrected chi connectivity index (χ4v) is 6.15. The Bertz CT molecular complexity index is 776. The minimum atomic E-state index is -0.329. The lowest BCUT2D eigenvalue weighted by molar-refractivity contribution is -0.133. The van der Waals surface area contributed by atoms with Gasteiger partial charge < -0.3 is 15.8 Å². The van der Waals surface area contributed by atoms with Crippen molar-refractivity contribution >= 4 is 23.7 Å². The van der Waals surface area contributed by atoms with Crippen molar-refractivity contribution in [2.45, 2.75) is 58.8 Å². The summed E-state index contributed by atoms with van der Waals surface area (Å²) in [4.78, 5) is 27.8. The number of urea groups is 1. The number of methoxy groups -OCH3 is 1. The van der Waals surface area contributed by atoms with E-state index >= 15 is 0 Å². The van der Waals surface area contributed by atoms with Gasteiger partial charge in [-0.3, -0.25) is 9.69 Å². The summed E-state index contributed by atoms with van der Waals surface area (Å²) < 4.78 is 5.14. The second-order valence-electron chi connectivity index (χ2n) is 9.17. The average molecular weight is 477 g/mol. The standard InChI is InChI=1S/C25H40N4O3S/c1-5-18-13-19-8-11-33-23(27)22(16-26)17(3)12-20(19)15-21(14-18)24(30)29(9-7-10-32-4)25(31)28-6-2/h18-21H,3,5-15,27H2,1-2,4H3,(H,28,31)/t18?,19-,20-,21-/m0/s1. The van der Waals surface area contributed by atoms with Crippen LogP contribution in [0.5, 0.6) is 0 Å². The first kappa shape index (κ1) is 27.3. The van der Waals surface area contributed by atoms with E-state index in [-0.39, 0.29) is 23.8 Å². The minimum absolute atomic E-state index is 0.0911. The number of carbonyl (C=O) groups excluding carboxylic acids is 2. The van der Waals surface area contributed by atoms with Crippen molar-refractivity contribution in [1.29, 1.82) is 5.26 Å². The third-order valence-electron chi connectivity index (χ3n) is 6.97. The number of nitrogens with two attached hydrogens (primary N) is 1. The highest BCUT2D eigenvalue weighted by Crippen LogP contribution is 2.44. The van der Waals surface area contributed by atoms with Gasteiger partial charge in [0.15, 0.2) is 0 Å². The first-order chi connectivity index (χ1) is 15.9. The van der Waals surface area contributed by atoms with Gasteiger partial charge in [-0.2, -0.15) is 5.26 Å². The topological polar surface area (TPSA) is 108 Å². The van der Waals surface area contributed by atoms with Crippen molar-refractivity contribution in [3.63, 3.8) is 0 Å². The summed E-state index contributed by atoms with van der Waals surface area (Å²) in [5.41, 5.74) is 7.43. The lowest BCUT2D eigenvalue weighted by atomic mass is 9.78. The number of hydrogen-bond donors (Lipinski definition) is 2. The van der Waals surface area contributed by atoms with Crippen molar-refractivity contribution in [3.8, 4) is 6.07 Å². The average Bonchev–Trinajstić information content (AvgIpc) is 2.93. The van der Waals surface area contributed by atoms with Gasteiger partial charge in [0, 0.05) is 32.7 Å². The van der Waals surface area contributed by atoms with E-state index in [1.165, 1.54) is 4.90 Å². The molecule has 1 aliphatic heterocycles. The van der Waals surface area contributed by atoms with E-state index in [0.717, 1.165) is 37.0 Å². The highest BCUT2D eigenvalue weighted by Gasteiger charge is 2.38. The summed E-state index contributed by atoms with van der Waals surface area (Å²) in [7, 11) is 1.62. The molecule has 1 fully saturated rings. The zero-order chi connectivity index (χ0) is 24.4. The van der Waals surface area contributed by atoms with Gasteiger partial charge in [-0.1, -0.05) is 19.9 Å². The molecule has 2 rings (SSSR count). The molecule has 0 aromatic heterocycles. The van der Waals surface area contributed by atoms with Crippen molar-refractivity contribution in [2.75, 3.05) is 32.6 Å². The Labute approximate surface area is 203 Å². The van der Waals surface area contributed by atoms with Crippen LogP contribution < -0.4 is 11.1 Å². The molecule has 0 saturated heterocycles. The zero-order valence-corrected chi connectivity index (χ0v) is 21.2. The predicted molar refractivity (Wildman–Crippen MR) is 133 cm³/mol. The molecule has 0 bridgehead atoms. The Kier molecular flexibility index (Phi) is 11.3. The van der Waals surface area contributed by atoms with Crippen LogP contribution in [0.25, 0.3) is 0 Å². The number of carbonyl (C=O) groups is 2. The predicted octanol–water partition coefficient (Wildman–Crippen LogP) is 4.42. The molecule has 0 spiro atoms. The first-order valence-corrected chi connectivity index (χ1v) is 13.1. The second-order valence-corrected chi connectivity index (χ2v) is 10.3. The maximum absolute atomic E-state index is 13.7. The molecule has 0 aromatic carbocycles. The molecule has 2 aliphatic rings. The summed E-state index contributed by atoms with van der Waals surface area (Å²) in [6.45, 7) is 9.54. The third-order valence-corrected chi connectivity index (χ3v) is 7.93. The number of thioether (sulfide) groups is 1. The van der Waals surface area contributed by atoms with Gasteiger partial charge in [0.05, 0.1) is 10.6 Å². The Hall–Kier alpha value is -1.98. The molecule has 1 unspecified atom stereocenters. The number of allylic oxidation sites excluding steroid dienone is 2. The maximum Gasteiger partial charge on any atom is 0.324 e. The lowest BCUT2D eigenvalue weighted by Gasteiger charge is -2.29. The van der Waals surface area contributed by atoms with E-state index in [2.05, 4.69) is 24.9 Å². The summed E-state index contributed by atoms with van der Waals surface area (Å²) in [6.07, 6.45) is 5.86. The molecule has 33 heavy (non-hydrogen) atoms. The maximum atomic E-state index is 13.7. The van der Waals surface area contributed by atoms with Gasteiger partial charge in [-0.25, -0.2) is 4.79 Å². The monoisotopic (exact) mass is 476 g/mol. The summed E-state index contributed by atoms with van der Waals surface area (Å²) in [6, 6.07) is 1.91. The zero-order valence-electron chi connectivity index (χ0n) is 20.4. The quantitative estimate of drug-likeness (QED) is 0.527. The lowest BCUT2D eigenvalue weighted by Crippen LogP contribution is -2.47. The number of nitrogens with zero attached hydrogens (tertiary/aromatic N) is 2. The Morgan fingerprint density at radius 2 is 2.06 bits per heavy atom. The number of imide groups is 1. The molecule has 3 N–H and O–H groups in total. The van der Waals surface area contributed by atoms with Gasteiger partial charge in [-0.15, -0.1) is 11.8 Å². The largest absolute Gasteiger partial charge is 0.392 e. The number of nitriles is 1. The molecule has 4 atom stereocenters. The molecule has 8 heteroatoms. The highest BCUT2D eigenvalue weighted by molar-refractivity contribution is 8.03. The van der Waals surface area contributed by atoms with Gasteiger partial charge in [0.25, 0.3) is 0 Å². The van der Waals surface area contributed by atoms with E-state index < -0.39 is 0 Å². The van der Waals surface area contributed by atoms with Crippen LogP contribution in [0.4, 0.5) is 4.79 Å². The van der Waals surface area contributed by atoms with Gasteiger partial charge in [0.1, 0.15) is 6.07 Å². The van der Waals surface area contributed by atoms with Crippen molar-refractivity contribution in [3.05, 3.63) is 22.8 Å². The Morgan fingerprint density at radius 1 is 1.30 bits per heavy atom. The highest BCUT2D eigenvalue weighted by atomic mass is 32.2. The minimum Gasteiger partial charge on any atom is -0.392 e. The molecule has 1 saturated carbocycles. The Morgan fingerprint density at radius 3 is 2.70 bits per heavy atom. The van der Waals surface area contributed by atoms with E-state index in [4.69, 9.17) is 10.5 Å². The van der Waals surface area contributed by atoms with Gasteiger partial charge >= 0.3 is 6.03 Å². The normalized spacial score (nSPS) is 26.2. The van der Waals surface area contributed by atoms with Crippen LogP contribution in [0, 0.1) is 35.0 Å². The number of amides is 3. The van der Waals surface area contributed by atoms with Crippen molar-refractivity contribution in [2.24, 2.45) is 29.4 Å². The molecule has 184 valence electrons. The van der Waals surface area contributed by atoms with Crippen molar-refractivity contribution < 1.29 is 14.3 Å². The molecular weight excluding hydrogens is 436 g/mol. The number of rotatable bonds is 7. The molecule has 1 aliphatic carbocycles. The first-order valence-electron chi connectivity index (χ1n) is 12.1. The van der Waals surface area contributed by atoms with Crippen LogP contribution in [0.3, 0.4) is 0 Å². The van der Waals surface area contributed by atoms with Crippen LogP contribution in [-0.4, -0.2) is 49.4 Å². The molecule has 7 nitrogen and oxygen atoms in total. The van der Waals surface area contributed by atoms with Crippen LogP contribution in [0.15, 0.2) is 22.8 Å². The number of ether oxygens (including phenoxy) is 1. The smallest absolute Gasteiger partial charge is 0.324 e. The van der Waals surface area contributed by atoms with Gasteiger partial charge in [-0.05, 0) is 74.5 Å². The third kappa shape index (κ3) is 7.51. The summed E-state index contributed by atoms with van der Waals surface area (Å²) in [5.74, 6) is 1.68. The number of hydrogen-bond acceptors (Lipinski definition) is 6. The fourth-order valence-electron chi connectivity index (χ4n) is 5.18. The molecule has 3 amide bonds. The number of fused-ring (bicyclic) bond motifs is 1. The van der Waals surface area contributed by atoms with Crippen LogP contribution >= 0.6 is 11.8 Å². The van der Waals surface area contributed by atoms with Crippen LogP contribution in [0.1, 0.15) is 58.8 Å². The summed E-state index contributed by atoms with van der Waals surface area (Å²) in [5, 5.41) is 13.0. The molecule has 0 radical (unpaired) electrons. The SMILES string of the molecule is C=C1C[C@H]2C[C@@H](C(=O)N(CCCOC)C(=O)NCC)CC(CC)C[C@@H]2CCSC(N)=C1C#N. The van der Waals surface area contributed by atoms with E-state index in [1.807, 2.05) is 6.92 Å². The van der Waals surface area contributed by atoms with E-state index in [0.29, 0.717) is 61.4 Å².